The van der Waals surface area contributed by atoms with E-state index in [4.69, 9.17) is 0 Å². The molecule has 3 nitrogen and oxygen atoms in total. The summed E-state index contributed by atoms with van der Waals surface area (Å²) in [5.41, 5.74) is 4.38. The summed E-state index contributed by atoms with van der Waals surface area (Å²) in [4.78, 5) is 12.2. The van der Waals surface area contributed by atoms with Crippen LogP contribution in [0.4, 0.5) is 0 Å². The molecule has 0 aromatic carbocycles. The first kappa shape index (κ1) is 11.6. The molecule has 0 aromatic rings. The molecule has 1 N–H and O–H groups in total. The average molecular weight is 222 g/mol. The predicted molar refractivity (Wildman–Crippen MR) is 65.3 cm³/mol. The van der Waals surface area contributed by atoms with E-state index in [1.165, 1.54) is 0 Å². The number of nitrogens with zero attached hydrogens (tertiary/aromatic N) is 1. The number of carbonyl (C=O) groups excluding carboxylic acids is 1. The maximum Gasteiger partial charge on any atom is 0.144 e. The van der Waals surface area contributed by atoms with E-state index in [0.717, 1.165) is 18.6 Å². The monoisotopic (exact) mass is 222 g/mol. The number of fused-ring (bicyclic) bond motifs is 1. The Labute approximate surface area is 97.7 Å². The van der Waals surface area contributed by atoms with Crippen molar-refractivity contribution in [3.8, 4) is 0 Å². The van der Waals surface area contributed by atoms with Crippen LogP contribution in [0.15, 0.2) is 5.10 Å². The van der Waals surface area contributed by atoms with Crippen molar-refractivity contribution in [2.24, 2.45) is 22.4 Å². The van der Waals surface area contributed by atoms with Crippen LogP contribution in [0.1, 0.15) is 47.0 Å². The fourth-order valence-corrected chi connectivity index (χ4v) is 2.96. The largest absolute Gasteiger partial charge is 0.306 e. The van der Waals surface area contributed by atoms with E-state index < -0.39 is 0 Å². The number of hydrogen-bond donors (Lipinski definition) is 1. The van der Waals surface area contributed by atoms with E-state index in [9.17, 15) is 4.79 Å². The first-order valence-electron chi connectivity index (χ1n) is 6.24. The van der Waals surface area contributed by atoms with Gasteiger partial charge in [-0.25, -0.2) is 0 Å². The molecule has 1 fully saturated rings. The molecule has 1 aliphatic carbocycles. The minimum absolute atomic E-state index is 0.0652. The van der Waals surface area contributed by atoms with E-state index in [2.05, 4.69) is 38.2 Å². The molecule has 1 aliphatic heterocycles. The van der Waals surface area contributed by atoms with Gasteiger partial charge in [0.05, 0.1) is 17.7 Å². The summed E-state index contributed by atoms with van der Waals surface area (Å²) in [6.07, 6.45) is 2.70. The van der Waals surface area contributed by atoms with Crippen LogP contribution in [0.2, 0.25) is 0 Å². The molecule has 0 bridgehead atoms. The van der Waals surface area contributed by atoms with Gasteiger partial charge in [-0.05, 0) is 24.2 Å². The zero-order valence-electron chi connectivity index (χ0n) is 10.7. The van der Waals surface area contributed by atoms with Crippen LogP contribution < -0.4 is 5.43 Å². The van der Waals surface area contributed by atoms with Crippen LogP contribution in [0.3, 0.4) is 0 Å². The summed E-state index contributed by atoms with van der Waals surface area (Å²) in [6, 6.07) is 0.255. The SMILES string of the molecule is CC(C)CC1=NN[C@@H]2CC(C)(C)CC(=O)[C@H]12. The van der Waals surface area contributed by atoms with Crippen LogP contribution >= 0.6 is 0 Å². The number of rotatable bonds is 2. The van der Waals surface area contributed by atoms with Crippen molar-refractivity contribution in [2.75, 3.05) is 0 Å². The maximum absolute atomic E-state index is 12.2. The summed E-state index contributed by atoms with van der Waals surface area (Å²) >= 11 is 0. The van der Waals surface area contributed by atoms with Gasteiger partial charge in [0, 0.05) is 6.42 Å². The van der Waals surface area contributed by atoms with E-state index in [0.29, 0.717) is 18.1 Å². The molecule has 0 aromatic heterocycles. The van der Waals surface area contributed by atoms with Crippen molar-refractivity contribution in [3.05, 3.63) is 0 Å². The lowest BCUT2D eigenvalue weighted by atomic mass is 9.68. The molecule has 0 saturated heterocycles. The lowest BCUT2D eigenvalue weighted by molar-refractivity contribution is -0.126. The standard InChI is InChI=1S/C13H22N2O/c1-8(2)5-9-12-10(15-14-9)6-13(3,4)7-11(12)16/h8,10,12,15H,5-7H2,1-4H3/t10-,12-/m1/s1. The molecule has 90 valence electrons. The van der Waals surface area contributed by atoms with Crippen molar-refractivity contribution in [1.82, 2.24) is 5.43 Å². The quantitative estimate of drug-likeness (QED) is 0.779. The molecule has 2 atom stereocenters. The van der Waals surface area contributed by atoms with Gasteiger partial charge in [-0.15, -0.1) is 0 Å². The van der Waals surface area contributed by atoms with Crippen molar-refractivity contribution in [2.45, 2.75) is 53.0 Å². The van der Waals surface area contributed by atoms with Gasteiger partial charge in [-0.3, -0.25) is 4.79 Å². The Morgan fingerprint density at radius 2 is 2.19 bits per heavy atom. The number of hydrazone groups is 1. The van der Waals surface area contributed by atoms with Gasteiger partial charge in [0.2, 0.25) is 0 Å². The minimum atomic E-state index is 0.0652. The smallest absolute Gasteiger partial charge is 0.144 e. The minimum Gasteiger partial charge on any atom is -0.306 e. The Balaban J connectivity index is 2.12. The van der Waals surface area contributed by atoms with Gasteiger partial charge in [0.1, 0.15) is 5.78 Å². The molecular formula is C13H22N2O. The highest BCUT2D eigenvalue weighted by atomic mass is 16.1. The van der Waals surface area contributed by atoms with E-state index in [1.807, 2.05) is 0 Å². The number of ketones is 1. The first-order chi connectivity index (χ1) is 7.39. The molecule has 2 rings (SSSR count). The van der Waals surface area contributed by atoms with E-state index in [-0.39, 0.29) is 17.4 Å². The highest BCUT2D eigenvalue weighted by Crippen LogP contribution is 2.39. The highest BCUT2D eigenvalue weighted by molar-refractivity contribution is 6.07. The van der Waals surface area contributed by atoms with Crippen molar-refractivity contribution in [1.29, 1.82) is 0 Å². The second kappa shape index (κ2) is 3.86. The van der Waals surface area contributed by atoms with Gasteiger partial charge in [-0.1, -0.05) is 27.7 Å². The molecule has 2 aliphatic rings. The maximum atomic E-state index is 12.2. The zero-order chi connectivity index (χ0) is 11.9. The van der Waals surface area contributed by atoms with Crippen LogP contribution in [-0.2, 0) is 4.79 Å². The second-order valence-corrected chi connectivity index (χ2v) is 6.43. The Kier molecular flexibility index (Phi) is 2.81. The Morgan fingerprint density at radius 1 is 1.50 bits per heavy atom. The lowest BCUT2D eigenvalue weighted by Gasteiger charge is -2.36. The van der Waals surface area contributed by atoms with Gasteiger partial charge < -0.3 is 5.43 Å². The van der Waals surface area contributed by atoms with Gasteiger partial charge >= 0.3 is 0 Å². The second-order valence-electron chi connectivity index (χ2n) is 6.43. The van der Waals surface area contributed by atoms with Gasteiger partial charge in [-0.2, -0.15) is 5.10 Å². The Hall–Kier alpha value is -0.860. The van der Waals surface area contributed by atoms with Crippen molar-refractivity contribution < 1.29 is 4.79 Å². The topological polar surface area (TPSA) is 41.5 Å². The molecule has 1 heterocycles. The Morgan fingerprint density at radius 3 is 2.81 bits per heavy atom. The summed E-state index contributed by atoms with van der Waals surface area (Å²) in [5, 5.41) is 4.38. The summed E-state index contributed by atoms with van der Waals surface area (Å²) in [7, 11) is 0. The highest BCUT2D eigenvalue weighted by Gasteiger charge is 2.45. The molecular weight excluding hydrogens is 200 g/mol. The van der Waals surface area contributed by atoms with Gasteiger partial charge in [0.15, 0.2) is 0 Å². The van der Waals surface area contributed by atoms with Crippen LogP contribution in [0.5, 0.6) is 0 Å². The number of carbonyl (C=O) groups is 1. The summed E-state index contributed by atoms with van der Waals surface area (Å²) < 4.78 is 0. The van der Waals surface area contributed by atoms with E-state index >= 15 is 0 Å². The third-order valence-corrected chi connectivity index (χ3v) is 3.52. The lowest BCUT2D eigenvalue weighted by Crippen LogP contribution is -2.45. The van der Waals surface area contributed by atoms with Crippen molar-refractivity contribution in [3.63, 3.8) is 0 Å². The molecule has 0 amide bonds. The fraction of sp³-hybridized carbons (Fsp3) is 0.846. The van der Waals surface area contributed by atoms with E-state index in [1.54, 1.807) is 0 Å². The van der Waals surface area contributed by atoms with Crippen molar-refractivity contribution >= 4 is 11.5 Å². The number of Topliss-reactive ketones (excluding diaryl/α,β-unsaturated/α-hetero) is 1. The number of nitrogens with one attached hydrogen (secondary N) is 1. The average Bonchev–Trinajstić information content (AvgIpc) is 2.44. The third kappa shape index (κ3) is 2.13. The molecule has 3 heteroatoms. The zero-order valence-corrected chi connectivity index (χ0v) is 10.7. The molecule has 0 unspecified atom stereocenters. The van der Waals surface area contributed by atoms with Crippen LogP contribution in [-0.4, -0.2) is 17.5 Å². The molecule has 0 spiro atoms. The molecule has 1 saturated carbocycles. The number of hydrogen-bond acceptors (Lipinski definition) is 3. The van der Waals surface area contributed by atoms with Crippen LogP contribution in [0.25, 0.3) is 0 Å². The summed E-state index contributed by atoms with van der Waals surface area (Å²) in [5.74, 6) is 1.02. The third-order valence-electron chi connectivity index (χ3n) is 3.52. The molecule has 16 heavy (non-hydrogen) atoms. The molecule has 0 radical (unpaired) electrons. The fourth-order valence-electron chi connectivity index (χ4n) is 2.96. The first-order valence-corrected chi connectivity index (χ1v) is 6.24. The Bertz CT molecular complexity index is 331. The normalized spacial score (nSPS) is 32.3. The summed E-state index contributed by atoms with van der Waals surface area (Å²) in [6.45, 7) is 8.69. The van der Waals surface area contributed by atoms with Crippen LogP contribution in [0, 0.1) is 17.3 Å². The predicted octanol–water partition coefficient (Wildman–Crippen LogP) is 2.37. The van der Waals surface area contributed by atoms with Gasteiger partial charge in [0.25, 0.3) is 0 Å².